The van der Waals surface area contributed by atoms with Gasteiger partial charge in [0, 0.05) is 19.1 Å². The van der Waals surface area contributed by atoms with Crippen molar-refractivity contribution in [1.82, 2.24) is 9.80 Å². The number of hydrogen-bond donors (Lipinski definition) is 1. The third kappa shape index (κ3) is 3.94. The van der Waals surface area contributed by atoms with E-state index in [1.807, 2.05) is 6.92 Å². The monoisotopic (exact) mass is 240 g/mol. The summed E-state index contributed by atoms with van der Waals surface area (Å²) < 4.78 is 0. The summed E-state index contributed by atoms with van der Waals surface area (Å²) in [5, 5.41) is 9.83. The van der Waals surface area contributed by atoms with Crippen LogP contribution in [0, 0.1) is 0 Å². The third-order valence-electron chi connectivity index (χ3n) is 4.37. The summed E-state index contributed by atoms with van der Waals surface area (Å²) >= 11 is 0. The molecule has 0 radical (unpaired) electrons. The zero-order valence-corrected chi connectivity index (χ0v) is 11.3. The first-order valence-corrected chi connectivity index (χ1v) is 7.42. The predicted molar refractivity (Wildman–Crippen MR) is 71.2 cm³/mol. The Morgan fingerprint density at radius 3 is 2.41 bits per heavy atom. The van der Waals surface area contributed by atoms with Gasteiger partial charge in [-0.15, -0.1) is 0 Å². The number of hydrogen-bond acceptors (Lipinski definition) is 3. The van der Waals surface area contributed by atoms with Crippen LogP contribution >= 0.6 is 0 Å². The summed E-state index contributed by atoms with van der Waals surface area (Å²) in [5.41, 5.74) is 0. The maximum absolute atomic E-state index is 9.83. The van der Waals surface area contributed by atoms with Crippen molar-refractivity contribution in [2.45, 2.75) is 57.6 Å². The predicted octanol–water partition coefficient (Wildman–Crippen LogP) is 1.71. The van der Waals surface area contributed by atoms with Gasteiger partial charge in [-0.05, 0) is 52.2 Å². The van der Waals surface area contributed by atoms with Crippen LogP contribution < -0.4 is 0 Å². The molecule has 0 bridgehead atoms. The van der Waals surface area contributed by atoms with Crippen LogP contribution in [0.1, 0.15) is 45.4 Å². The number of aliphatic hydroxyl groups is 1. The molecule has 2 rings (SSSR count). The Labute approximate surface area is 106 Å². The molecule has 0 aliphatic carbocycles. The summed E-state index contributed by atoms with van der Waals surface area (Å²) in [4.78, 5) is 5.11. The lowest BCUT2D eigenvalue weighted by atomic mass is 9.98. The van der Waals surface area contributed by atoms with E-state index in [0.29, 0.717) is 6.04 Å². The minimum Gasteiger partial charge on any atom is -0.392 e. The van der Waals surface area contributed by atoms with Gasteiger partial charge in [0.25, 0.3) is 0 Å². The second-order valence-electron chi connectivity index (χ2n) is 5.74. The van der Waals surface area contributed by atoms with Gasteiger partial charge in [0.2, 0.25) is 0 Å². The minimum atomic E-state index is -0.170. The molecule has 2 aliphatic heterocycles. The van der Waals surface area contributed by atoms with Gasteiger partial charge in [0.1, 0.15) is 0 Å². The molecule has 2 saturated heterocycles. The number of piperidine rings is 2. The van der Waals surface area contributed by atoms with E-state index in [1.54, 1.807) is 0 Å². The summed E-state index contributed by atoms with van der Waals surface area (Å²) in [6.07, 6.45) is 7.77. The van der Waals surface area contributed by atoms with Crippen LogP contribution in [-0.2, 0) is 0 Å². The summed E-state index contributed by atoms with van der Waals surface area (Å²) in [7, 11) is 0. The van der Waals surface area contributed by atoms with Crippen molar-refractivity contribution < 1.29 is 5.11 Å². The third-order valence-corrected chi connectivity index (χ3v) is 4.37. The molecule has 2 aliphatic rings. The normalized spacial score (nSPS) is 30.4. The molecule has 100 valence electrons. The Morgan fingerprint density at radius 1 is 1.00 bits per heavy atom. The van der Waals surface area contributed by atoms with Gasteiger partial charge in [-0.2, -0.15) is 0 Å². The van der Waals surface area contributed by atoms with Gasteiger partial charge >= 0.3 is 0 Å². The molecule has 2 fully saturated rings. The summed E-state index contributed by atoms with van der Waals surface area (Å²) in [5.74, 6) is 0. The highest BCUT2D eigenvalue weighted by Crippen LogP contribution is 2.19. The molecule has 3 nitrogen and oxygen atoms in total. The first-order chi connectivity index (χ1) is 8.27. The van der Waals surface area contributed by atoms with Crippen LogP contribution in [0.15, 0.2) is 0 Å². The molecule has 1 N–H and O–H groups in total. The second kappa shape index (κ2) is 6.72. The number of nitrogens with zero attached hydrogens (tertiary/aromatic N) is 2. The van der Waals surface area contributed by atoms with E-state index in [1.165, 1.54) is 64.7 Å². The van der Waals surface area contributed by atoms with Crippen molar-refractivity contribution in [3.05, 3.63) is 0 Å². The van der Waals surface area contributed by atoms with E-state index in [4.69, 9.17) is 0 Å². The average Bonchev–Trinajstić information content (AvgIpc) is 2.38. The Hall–Kier alpha value is -0.120. The highest BCUT2D eigenvalue weighted by molar-refractivity contribution is 4.81. The largest absolute Gasteiger partial charge is 0.392 e. The minimum absolute atomic E-state index is 0.170. The van der Waals surface area contributed by atoms with Gasteiger partial charge in [0.15, 0.2) is 0 Å². The van der Waals surface area contributed by atoms with Gasteiger partial charge in [-0.1, -0.05) is 12.8 Å². The molecular formula is C14H28N2O. The maximum Gasteiger partial charge on any atom is 0.0667 e. The fraction of sp³-hybridized carbons (Fsp3) is 1.00. The Morgan fingerprint density at radius 2 is 1.71 bits per heavy atom. The number of likely N-dealkylation sites (tertiary alicyclic amines) is 2. The standard InChI is InChI=1S/C14H28N2O/c1-13(17)14-7-3-6-10-16(14)12-11-15-8-4-2-5-9-15/h13-14,17H,2-12H2,1H3. The van der Waals surface area contributed by atoms with Crippen molar-refractivity contribution in [3.8, 4) is 0 Å². The van der Waals surface area contributed by atoms with E-state index in [-0.39, 0.29) is 6.10 Å². The Balaban J connectivity index is 1.75. The molecule has 17 heavy (non-hydrogen) atoms. The quantitative estimate of drug-likeness (QED) is 0.810. The van der Waals surface area contributed by atoms with Gasteiger partial charge in [0.05, 0.1) is 6.10 Å². The molecule has 0 aromatic rings. The molecule has 3 heteroatoms. The number of aliphatic hydroxyl groups excluding tert-OH is 1. The van der Waals surface area contributed by atoms with Crippen LogP contribution in [-0.4, -0.2) is 59.8 Å². The van der Waals surface area contributed by atoms with E-state index in [9.17, 15) is 5.11 Å². The van der Waals surface area contributed by atoms with Crippen molar-refractivity contribution in [2.24, 2.45) is 0 Å². The van der Waals surface area contributed by atoms with Crippen LogP contribution in [0.25, 0.3) is 0 Å². The van der Waals surface area contributed by atoms with Crippen molar-refractivity contribution in [2.75, 3.05) is 32.7 Å². The number of rotatable bonds is 4. The molecular weight excluding hydrogens is 212 g/mol. The molecule has 0 amide bonds. The summed E-state index contributed by atoms with van der Waals surface area (Å²) in [6.45, 7) is 8.05. The Bertz CT molecular complexity index is 214. The zero-order valence-electron chi connectivity index (χ0n) is 11.3. The first kappa shape index (κ1) is 13.3. The first-order valence-electron chi connectivity index (χ1n) is 7.42. The van der Waals surface area contributed by atoms with Gasteiger partial charge in [-0.3, -0.25) is 4.90 Å². The molecule has 2 heterocycles. The second-order valence-corrected chi connectivity index (χ2v) is 5.74. The van der Waals surface area contributed by atoms with E-state index in [0.717, 1.165) is 6.54 Å². The lowest BCUT2D eigenvalue weighted by molar-refractivity contribution is 0.0295. The van der Waals surface area contributed by atoms with E-state index < -0.39 is 0 Å². The molecule has 0 aromatic carbocycles. The van der Waals surface area contributed by atoms with Crippen LogP contribution in [0.5, 0.6) is 0 Å². The van der Waals surface area contributed by atoms with Crippen LogP contribution in [0.2, 0.25) is 0 Å². The SMILES string of the molecule is CC(O)C1CCCCN1CCN1CCCCC1. The molecule has 0 saturated carbocycles. The topological polar surface area (TPSA) is 26.7 Å². The summed E-state index contributed by atoms with van der Waals surface area (Å²) in [6, 6.07) is 0.411. The van der Waals surface area contributed by atoms with Crippen molar-refractivity contribution >= 4 is 0 Å². The van der Waals surface area contributed by atoms with Crippen LogP contribution in [0.4, 0.5) is 0 Å². The fourth-order valence-corrected chi connectivity index (χ4v) is 3.29. The van der Waals surface area contributed by atoms with E-state index >= 15 is 0 Å². The van der Waals surface area contributed by atoms with Gasteiger partial charge in [-0.25, -0.2) is 0 Å². The Kier molecular flexibility index (Phi) is 5.26. The lowest BCUT2D eigenvalue weighted by Gasteiger charge is -2.39. The highest BCUT2D eigenvalue weighted by Gasteiger charge is 2.26. The fourth-order valence-electron chi connectivity index (χ4n) is 3.29. The molecule has 0 aromatic heterocycles. The van der Waals surface area contributed by atoms with E-state index in [2.05, 4.69) is 9.80 Å². The highest BCUT2D eigenvalue weighted by atomic mass is 16.3. The average molecular weight is 240 g/mol. The van der Waals surface area contributed by atoms with Crippen molar-refractivity contribution in [3.63, 3.8) is 0 Å². The lowest BCUT2D eigenvalue weighted by Crippen LogP contribution is -2.49. The smallest absolute Gasteiger partial charge is 0.0667 e. The molecule has 0 spiro atoms. The zero-order chi connectivity index (χ0) is 12.1. The molecule has 2 atom stereocenters. The maximum atomic E-state index is 9.83. The van der Waals surface area contributed by atoms with Gasteiger partial charge < -0.3 is 10.0 Å². The molecule has 2 unspecified atom stereocenters. The van der Waals surface area contributed by atoms with Crippen molar-refractivity contribution in [1.29, 1.82) is 0 Å². The van der Waals surface area contributed by atoms with Crippen LogP contribution in [0.3, 0.4) is 0 Å².